The molecule has 106 valence electrons. The van der Waals surface area contributed by atoms with Crippen LogP contribution in [0.2, 0.25) is 0 Å². The van der Waals surface area contributed by atoms with E-state index in [0.717, 1.165) is 28.9 Å². The maximum absolute atomic E-state index is 4.58. The second-order valence-electron chi connectivity index (χ2n) is 5.71. The number of hydrogen-bond donors (Lipinski definition) is 2. The third kappa shape index (κ3) is 3.37. The van der Waals surface area contributed by atoms with E-state index in [1.54, 1.807) is 0 Å². The van der Waals surface area contributed by atoms with E-state index in [-0.39, 0.29) is 0 Å². The number of aromatic nitrogens is 2. The lowest BCUT2D eigenvalue weighted by Crippen LogP contribution is -2.27. The summed E-state index contributed by atoms with van der Waals surface area (Å²) in [6, 6.07) is 0.542. The summed E-state index contributed by atoms with van der Waals surface area (Å²) in [5.41, 5.74) is 1.12. The lowest BCUT2D eigenvalue weighted by molar-refractivity contribution is 0.455. The van der Waals surface area contributed by atoms with Crippen molar-refractivity contribution in [1.82, 2.24) is 9.97 Å². The molecule has 4 heteroatoms. The minimum absolute atomic E-state index is 0.542. The largest absolute Gasteiger partial charge is 0.373 e. The molecule has 0 amide bonds. The molecule has 4 nitrogen and oxygen atoms in total. The normalized spacial score (nSPS) is 23.8. The molecular formula is C15H26N4. The van der Waals surface area contributed by atoms with Gasteiger partial charge in [0.05, 0.1) is 0 Å². The Hall–Kier alpha value is -1.32. The molecule has 1 aliphatic carbocycles. The van der Waals surface area contributed by atoms with Crippen molar-refractivity contribution >= 4 is 11.6 Å². The Labute approximate surface area is 116 Å². The molecule has 1 aromatic heterocycles. The zero-order valence-corrected chi connectivity index (χ0v) is 12.6. The van der Waals surface area contributed by atoms with Crippen LogP contribution in [-0.4, -0.2) is 23.1 Å². The van der Waals surface area contributed by atoms with E-state index in [1.165, 1.54) is 32.1 Å². The van der Waals surface area contributed by atoms with Crippen LogP contribution in [-0.2, 0) is 0 Å². The monoisotopic (exact) mass is 262 g/mol. The van der Waals surface area contributed by atoms with Crippen LogP contribution in [0.15, 0.2) is 0 Å². The van der Waals surface area contributed by atoms with Gasteiger partial charge in [0.25, 0.3) is 0 Å². The second-order valence-corrected chi connectivity index (χ2v) is 5.71. The van der Waals surface area contributed by atoms with Crippen LogP contribution in [0.1, 0.15) is 50.4 Å². The molecule has 0 aromatic carbocycles. The number of nitrogens with zero attached hydrogens (tertiary/aromatic N) is 2. The SMILES string of the molecule is CNc1nc(C)nc(NC2CCCCCC2C)c1C. The van der Waals surface area contributed by atoms with Gasteiger partial charge in [0.15, 0.2) is 0 Å². The van der Waals surface area contributed by atoms with Gasteiger partial charge in [-0.05, 0) is 32.6 Å². The van der Waals surface area contributed by atoms with Crippen molar-refractivity contribution in [2.45, 2.75) is 58.9 Å². The first-order valence-electron chi connectivity index (χ1n) is 7.41. The highest BCUT2D eigenvalue weighted by Crippen LogP contribution is 2.27. The third-order valence-corrected chi connectivity index (χ3v) is 4.18. The average Bonchev–Trinajstić information content (AvgIpc) is 2.59. The van der Waals surface area contributed by atoms with Gasteiger partial charge in [-0.2, -0.15) is 0 Å². The molecule has 1 heterocycles. The van der Waals surface area contributed by atoms with Crippen LogP contribution in [0.5, 0.6) is 0 Å². The zero-order valence-electron chi connectivity index (χ0n) is 12.6. The quantitative estimate of drug-likeness (QED) is 0.818. The lowest BCUT2D eigenvalue weighted by Gasteiger charge is -2.24. The van der Waals surface area contributed by atoms with Gasteiger partial charge in [0, 0.05) is 18.7 Å². The van der Waals surface area contributed by atoms with E-state index in [4.69, 9.17) is 0 Å². The molecule has 2 N–H and O–H groups in total. The Morgan fingerprint density at radius 2 is 1.68 bits per heavy atom. The van der Waals surface area contributed by atoms with Crippen LogP contribution < -0.4 is 10.6 Å². The highest BCUT2D eigenvalue weighted by atomic mass is 15.1. The van der Waals surface area contributed by atoms with E-state index < -0.39 is 0 Å². The smallest absolute Gasteiger partial charge is 0.134 e. The number of aryl methyl sites for hydroxylation is 1. The van der Waals surface area contributed by atoms with Gasteiger partial charge in [-0.15, -0.1) is 0 Å². The zero-order chi connectivity index (χ0) is 13.8. The summed E-state index contributed by atoms with van der Waals surface area (Å²) >= 11 is 0. The maximum Gasteiger partial charge on any atom is 0.134 e. The Kier molecular flexibility index (Phi) is 4.61. The first kappa shape index (κ1) is 14.1. The summed E-state index contributed by atoms with van der Waals surface area (Å²) in [4.78, 5) is 9.00. The van der Waals surface area contributed by atoms with E-state index >= 15 is 0 Å². The van der Waals surface area contributed by atoms with E-state index in [2.05, 4.69) is 34.4 Å². The predicted molar refractivity (Wildman–Crippen MR) is 80.7 cm³/mol. The van der Waals surface area contributed by atoms with Crippen LogP contribution in [0.3, 0.4) is 0 Å². The van der Waals surface area contributed by atoms with Gasteiger partial charge in [0.1, 0.15) is 17.5 Å². The molecule has 0 radical (unpaired) electrons. The molecule has 1 aromatic rings. The summed E-state index contributed by atoms with van der Waals surface area (Å²) < 4.78 is 0. The van der Waals surface area contributed by atoms with E-state index in [9.17, 15) is 0 Å². The lowest BCUT2D eigenvalue weighted by atomic mass is 9.97. The first-order chi connectivity index (χ1) is 9.11. The van der Waals surface area contributed by atoms with Crippen LogP contribution in [0.25, 0.3) is 0 Å². The van der Waals surface area contributed by atoms with Gasteiger partial charge in [-0.3, -0.25) is 0 Å². The minimum atomic E-state index is 0.542. The van der Waals surface area contributed by atoms with Gasteiger partial charge in [0.2, 0.25) is 0 Å². The summed E-state index contributed by atoms with van der Waals surface area (Å²) in [5, 5.41) is 6.81. The third-order valence-electron chi connectivity index (χ3n) is 4.18. The maximum atomic E-state index is 4.58. The molecule has 1 saturated carbocycles. The van der Waals surface area contributed by atoms with Crippen molar-refractivity contribution in [3.8, 4) is 0 Å². The number of rotatable bonds is 3. The van der Waals surface area contributed by atoms with Gasteiger partial charge in [-0.25, -0.2) is 9.97 Å². The molecule has 2 unspecified atom stereocenters. The average molecular weight is 262 g/mol. The molecule has 0 saturated heterocycles. The fraction of sp³-hybridized carbons (Fsp3) is 0.733. The molecular weight excluding hydrogens is 236 g/mol. The molecule has 2 atom stereocenters. The fourth-order valence-electron chi connectivity index (χ4n) is 2.90. The summed E-state index contributed by atoms with van der Waals surface area (Å²) in [6.45, 7) is 6.38. The van der Waals surface area contributed by atoms with E-state index in [0.29, 0.717) is 6.04 Å². The highest BCUT2D eigenvalue weighted by Gasteiger charge is 2.21. The predicted octanol–water partition coefficient (Wildman–Crippen LogP) is 3.52. The molecule has 0 bridgehead atoms. The standard InChI is InChI=1S/C15H26N4/c1-10-8-6-5-7-9-13(10)19-15-11(2)14(16-4)17-12(3)18-15/h10,13H,5-9H2,1-4H3,(H2,16,17,18,19). The molecule has 0 spiro atoms. The fourth-order valence-corrected chi connectivity index (χ4v) is 2.90. The number of nitrogens with one attached hydrogen (secondary N) is 2. The van der Waals surface area contributed by atoms with Crippen molar-refractivity contribution in [3.63, 3.8) is 0 Å². The van der Waals surface area contributed by atoms with Crippen LogP contribution in [0, 0.1) is 19.8 Å². The molecule has 1 fully saturated rings. The van der Waals surface area contributed by atoms with Crippen molar-refractivity contribution in [3.05, 3.63) is 11.4 Å². The van der Waals surface area contributed by atoms with Crippen molar-refractivity contribution in [2.24, 2.45) is 5.92 Å². The minimum Gasteiger partial charge on any atom is -0.373 e. The number of anilines is 2. The summed E-state index contributed by atoms with van der Waals surface area (Å²) in [7, 11) is 1.91. The highest BCUT2D eigenvalue weighted by molar-refractivity contribution is 5.57. The Bertz CT molecular complexity index is 430. The Morgan fingerprint density at radius 3 is 2.42 bits per heavy atom. The van der Waals surface area contributed by atoms with Gasteiger partial charge < -0.3 is 10.6 Å². The Balaban J connectivity index is 2.19. The molecule has 2 rings (SSSR count). The topological polar surface area (TPSA) is 49.8 Å². The van der Waals surface area contributed by atoms with Gasteiger partial charge in [-0.1, -0.05) is 26.2 Å². The summed E-state index contributed by atoms with van der Waals surface area (Å²) in [6.07, 6.45) is 6.62. The molecule has 1 aliphatic rings. The first-order valence-corrected chi connectivity index (χ1v) is 7.41. The van der Waals surface area contributed by atoms with Crippen LogP contribution >= 0.6 is 0 Å². The van der Waals surface area contributed by atoms with Gasteiger partial charge >= 0.3 is 0 Å². The summed E-state index contributed by atoms with van der Waals surface area (Å²) in [5.74, 6) is 3.46. The van der Waals surface area contributed by atoms with E-state index in [1.807, 2.05) is 14.0 Å². The Morgan fingerprint density at radius 1 is 1.00 bits per heavy atom. The van der Waals surface area contributed by atoms with Crippen molar-refractivity contribution in [1.29, 1.82) is 0 Å². The molecule has 0 aliphatic heterocycles. The van der Waals surface area contributed by atoms with Crippen molar-refractivity contribution < 1.29 is 0 Å². The molecule has 19 heavy (non-hydrogen) atoms. The van der Waals surface area contributed by atoms with Crippen LogP contribution in [0.4, 0.5) is 11.6 Å². The van der Waals surface area contributed by atoms with Crippen molar-refractivity contribution in [2.75, 3.05) is 17.7 Å². The second kappa shape index (κ2) is 6.22. The number of hydrogen-bond acceptors (Lipinski definition) is 4.